The molecule has 0 unspecified atom stereocenters. The summed E-state index contributed by atoms with van der Waals surface area (Å²) in [6.45, 7) is 3.15. The topological polar surface area (TPSA) is 103 Å². The number of nitrogens with one attached hydrogen (secondary N) is 1. The molecule has 0 radical (unpaired) electrons. The number of nitrogens with zero attached hydrogens (tertiary/aromatic N) is 5. The Labute approximate surface area is 208 Å². The average Bonchev–Trinajstić information content (AvgIpc) is 3.51. The molecule has 0 saturated carbocycles. The lowest BCUT2D eigenvalue weighted by Crippen LogP contribution is -2.35. The number of carbonyl (C=O) groups excluding carboxylic acids is 1. The lowest BCUT2D eigenvalue weighted by Gasteiger charge is -2.21. The maximum atomic E-state index is 14.5. The van der Waals surface area contributed by atoms with E-state index in [2.05, 4.69) is 20.5 Å². The van der Waals surface area contributed by atoms with Gasteiger partial charge in [-0.3, -0.25) is 9.20 Å². The predicted molar refractivity (Wildman–Crippen MR) is 130 cm³/mol. The van der Waals surface area contributed by atoms with Gasteiger partial charge >= 0.3 is 0 Å². The maximum Gasteiger partial charge on any atom is 0.248 e. The molecule has 11 heteroatoms. The number of amides is 1. The Morgan fingerprint density at radius 2 is 2.19 bits per heavy atom. The number of benzene rings is 1. The van der Waals surface area contributed by atoms with Crippen LogP contribution in [0.1, 0.15) is 41.9 Å². The second kappa shape index (κ2) is 11.2. The first-order chi connectivity index (χ1) is 17.7. The molecule has 3 aromatic rings. The maximum absolute atomic E-state index is 14.5. The third kappa shape index (κ3) is 5.12. The van der Waals surface area contributed by atoms with Crippen LogP contribution in [0, 0.1) is 5.82 Å². The molecule has 0 spiro atoms. The number of aromatic nitrogens is 4. The fourth-order valence-electron chi connectivity index (χ4n) is 4.98. The number of hydrogen-bond donors (Lipinski definition) is 1. The number of halogens is 1. The highest BCUT2D eigenvalue weighted by Crippen LogP contribution is 2.32. The highest BCUT2D eigenvalue weighted by Gasteiger charge is 2.25. The van der Waals surface area contributed by atoms with Gasteiger partial charge in [-0.05, 0) is 37.3 Å². The molecule has 1 aromatic carbocycles. The summed E-state index contributed by atoms with van der Waals surface area (Å²) in [6, 6.07) is 3.12. The number of likely N-dealkylation sites (tertiary alicyclic amines) is 1. The summed E-state index contributed by atoms with van der Waals surface area (Å²) in [4.78, 5) is 19.0. The summed E-state index contributed by atoms with van der Waals surface area (Å²) in [5, 5.41) is 11.7. The summed E-state index contributed by atoms with van der Waals surface area (Å²) >= 11 is 0. The number of methoxy groups -OCH3 is 1. The van der Waals surface area contributed by atoms with Crippen molar-refractivity contribution in [2.75, 3.05) is 51.9 Å². The van der Waals surface area contributed by atoms with Crippen LogP contribution in [-0.4, -0.2) is 77.0 Å². The van der Waals surface area contributed by atoms with E-state index in [0.29, 0.717) is 50.8 Å². The number of ether oxygens (including phenoxy) is 3. The van der Waals surface area contributed by atoms with Crippen molar-refractivity contribution in [1.82, 2.24) is 24.5 Å². The van der Waals surface area contributed by atoms with Crippen LogP contribution < -0.4 is 10.1 Å². The van der Waals surface area contributed by atoms with Crippen LogP contribution in [0.25, 0.3) is 5.65 Å². The van der Waals surface area contributed by atoms with Crippen molar-refractivity contribution in [3.63, 3.8) is 0 Å². The fourth-order valence-corrected chi connectivity index (χ4v) is 4.98. The molecule has 2 aliphatic rings. The van der Waals surface area contributed by atoms with E-state index in [9.17, 15) is 9.18 Å². The number of rotatable bonds is 9. The van der Waals surface area contributed by atoms with Crippen molar-refractivity contribution in [1.29, 1.82) is 0 Å². The van der Waals surface area contributed by atoms with Crippen molar-refractivity contribution in [2.45, 2.75) is 38.1 Å². The Balaban J connectivity index is 1.26. The zero-order chi connectivity index (χ0) is 24.9. The minimum Gasteiger partial charge on any atom is -0.493 e. The minimum absolute atomic E-state index is 0.00193. The second-order valence-corrected chi connectivity index (χ2v) is 9.07. The fraction of sp³-hybridized carbons (Fsp3) is 0.520. The van der Waals surface area contributed by atoms with E-state index in [-0.39, 0.29) is 30.8 Å². The SMILES string of the molecule is COCCOCC(=O)N1CCC[C@H](c2cnc(NCc3c(F)ccc4c3CCO4)n3cnnc23)CC1. The van der Waals surface area contributed by atoms with Crippen molar-refractivity contribution < 1.29 is 23.4 Å². The molecule has 1 atom stereocenters. The van der Waals surface area contributed by atoms with Crippen LogP contribution in [0.2, 0.25) is 0 Å². The highest BCUT2D eigenvalue weighted by molar-refractivity contribution is 5.77. The Morgan fingerprint density at radius 1 is 1.28 bits per heavy atom. The van der Waals surface area contributed by atoms with E-state index in [0.717, 1.165) is 41.8 Å². The van der Waals surface area contributed by atoms with E-state index < -0.39 is 0 Å². The Hall–Kier alpha value is -3.31. The molecule has 5 rings (SSSR count). The van der Waals surface area contributed by atoms with Crippen LogP contribution in [0.4, 0.5) is 10.3 Å². The smallest absolute Gasteiger partial charge is 0.248 e. The van der Waals surface area contributed by atoms with Gasteiger partial charge in [0.2, 0.25) is 11.9 Å². The quantitative estimate of drug-likeness (QED) is 0.449. The van der Waals surface area contributed by atoms with Gasteiger partial charge in [0.15, 0.2) is 5.65 Å². The number of hydrogen-bond acceptors (Lipinski definition) is 8. The standard InChI is InChI=1S/C25H31FN6O4/c1-34-11-12-35-15-23(33)31-8-2-3-17(6-9-31)19-13-27-25(32-16-29-30-24(19)32)28-14-20-18-7-10-36-22(18)5-4-21(20)26/h4-5,13,16-17H,2-3,6-12,14-15H2,1H3,(H,27,28)/t17-/m0/s1. The van der Waals surface area contributed by atoms with E-state index in [4.69, 9.17) is 14.2 Å². The summed E-state index contributed by atoms with van der Waals surface area (Å²) < 4.78 is 32.3. The molecule has 1 saturated heterocycles. The normalized spacial score (nSPS) is 17.6. The van der Waals surface area contributed by atoms with Gasteiger partial charge in [-0.15, -0.1) is 10.2 Å². The Kier molecular flexibility index (Phi) is 7.57. The molecule has 2 aromatic heterocycles. The van der Waals surface area contributed by atoms with Crippen molar-refractivity contribution in [3.8, 4) is 5.75 Å². The van der Waals surface area contributed by atoms with Gasteiger partial charge < -0.3 is 24.4 Å². The molecular formula is C25H31FN6O4. The van der Waals surface area contributed by atoms with Gasteiger partial charge in [0.05, 0.1) is 19.8 Å². The van der Waals surface area contributed by atoms with Crippen LogP contribution in [-0.2, 0) is 27.2 Å². The molecule has 1 fully saturated rings. The van der Waals surface area contributed by atoms with E-state index >= 15 is 0 Å². The molecular weight excluding hydrogens is 467 g/mol. The van der Waals surface area contributed by atoms with Crippen molar-refractivity contribution in [3.05, 3.63) is 47.2 Å². The van der Waals surface area contributed by atoms with Crippen LogP contribution in [0.3, 0.4) is 0 Å². The summed E-state index contributed by atoms with van der Waals surface area (Å²) in [5.74, 6) is 1.24. The molecule has 10 nitrogen and oxygen atoms in total. The first-order valence-corrected chi connectivity index (χ1v) is 12.4. The third-order valence-corrected chi connectivity index (χ3v) is 6.90. The molecule has 1 N–H and O–H groups in total. The van der Waals surface area contributed by atoms with Crippen molar-refractivity contribution in [2.24, 2.45) is 0 Å². The van der Waals surface area contributed by atoms with E-state index in [1.165, 1.54) is 6.07 Å². The summed E-state index contributed by atoms with van der Waals surface area (Å²) in [7, 11) is 1.60. The lowest BCUT2D eigenvalue weighted by molar-refractivity contribution is -0.136. The second-order valence-electron chi connectivity index (χ2n) is 9.07. The molecule has 0 bridgehead atoms. The third-order valence-electron chi connectivity index (χ3n) is 6.90. The average molecular weight is 499 g/mol. The largest absolute Gasteiger partial charge is 0.493 e. The van der Waals surface area contributed by atoms with Gasteiger partial charge in [0.25, 0.3) is 0 Å². The number of carbonyl (C=O) groups is 1. The van der Waals surface area contributed by atoms with Gasteiger partial charge in [0, 0.05) is 56.1 Å². The van der Waals surface area contributed by atoms with Crippen LogP contribution in [0.15, 0.2) is 24.7 Å². The molecule has 4 heterocycles. The lowest BCUT2D eigenvalue weighted by atomic mass is 9.94. The predicted octanol–water partition coefficient (Wildman–Crippen LogP) is 2.57. The highest BCUT2D eigenvalue weighted by atomic mass is 19.1. The van der Waals surface area contributed by atoms with Crippen molar-refractivity contribution >= 4 is 17.5 Å². The molecule has 1 amide bonds. The van der Waals surface area contributed by atoms with E-state index in [1.807, 2.05) is 15.5 Å². The monoisotopic (exact) mass is 498 g/mol. The van der Waals surface area contributed by atoms with Crippen LogP contribution >= 0.6 is 0 Å². The first kappa shape index (κ1) is 24.4. The van der Waals surface area contributed by atoms with Crippen LogP contribution in [0.5, 0.6) is 5.75 Å². The number of anilines is 1. The first-order valence-electron chi connectivity index (χ1n) is 12.4. The Bertz CT molecular complexity index is 1220. The zero-order valence-corrected chi connectivity index (χ0v) is 20.4. The van der Waals surface area contributed by atoms with Gasteiger partial charge in [0.1, 0.15) is 24.5 Å². The number of fused-ring (bicyclic) bond motifs is 2. The molecule has 0 aliphatic carbocycles. The van der Waals surface area contributed by atoms with Gasteiger partial charge in [-0.25, -0.2) is 9.37 Å². The minimum atomic E-state index is -0.259. The molecule has 2 aliphatic heterocycles. The molecule has 192 valence electrons. The molecule has 36 heavy (non-hydrogen) atoms. The zero-order valence-electron chi connectivity index (χ0n) is 20.4. The Morgan fingerprint density at radius 3 is 3.08 bits per heavy atom. The summed E-state index contributed by atoms with van der Waals surface area (Å²) in [6.07, 6.45) is 6.76. The van der Waals surface area contributed by atoms with Gasteiger partial charge in [-0.2, -0.15) is 0 Å². The summed E-state index contributed by atoms with van der Waals surface area (Å²) in [5.41, 5.74) is 3.23. The van der Waals surface area contributed by atoms with E-state index in [1.54, 1.807) is 19.5 Å². The van der Waals surface area contributed by atoms with Gasteiger partial charge in [-0.1, -0.05) is 0 Å².